The molecule has 1 saturated carbocycles. The standard InChI is InChI=1S/C28H37F3N2/c1-18-6-10-22(11-7-18)32-26-13-9-21-16-20(8-12-25(21)27(26)28(29,30)31)17-33-23-4-3-5-24(33)15-19(2)14-23/h8-9,12-13,16,18-19,22-24,32H,3-7,10-11,14-15,17H2,1-2H3. The number of fused-ring (bicyclic) bond motifs is 3. The predicted octanol–water partition coefficient (Wildman–Crippen LogP) is 8.00. The zero-order valence-electron chi connectivity index (χ0n) is 19.9. The van der Waals surface area contributed by atoms with Gasteiger partial charge in [0.1, 0.15) is 0 Å². The molecule has 2 heterocycles. The van der Waals surface area contributed by atoms with Crippen molar-refractivity contribution in [3.8, 4) is 0 Å². The molecule has 0 aromatic heterocycles. The van der Waals surface area contributed by atoms with Crippen LogP contribution in [0.4, 0.5) is 18.9 Å². The molecule has 3 aliphatic rings. The quantitative estimate of drug-likeness (QED) is 0.499. The van der Waals surface area contributed by atoms with Crippen LogP contribution in [0, 0.1) is 11.8 Å². The monoisotopic (exact) mass is 458 g/mol. The lowest BCUT2D eigenvalue weighted by atomic mass is 9.79. The van der Waals surface area contributed by atoms with Gasteiger partial charge in [-0.25, -0.2) is 0 Å². The Morgan fingerprint density at radius 1 is 0.879 bits per heavy atom. The number of benzene rings is 2. The van der Waals surface area contributed by atoms with Crippen LogP contribution in [-0.2, 0) is 12.7 Å². The lowest BCUT2D eigenvalue weighted by Gasteiger charge is -2.48. The van der Waals surface area contributed by atoms with E-state index in [9.17, 15) is 13.2 Å². The van der Waals surface area contributed by atoms with Crippen LogP contribution >= 0.6 is 0 Å². The van der Waals surface area contributed by atoms with Gasteiger partial charge in [-0.15, -0.1) is 0 Å². The Morgan fingerprint density at radius 3 is 2.24 bits per heavy atom. The Morgan fingerprint density at radius 2 is 1.58 bits per heavy atom. The molecule has 3 fully saturated rings. The summed E-state index contributed by atoms with van der Waals surface area (Å²) in [6.45, 7) is 5.43. The first-order valence-electron chi connectivity index (χ1n) is 12.9. The molecule has 2 bridgehead atoms. The Kier molecular flexibility index (Phi) is 6.37. The maximum absolute atomic E-state index is 14.2. The van der Waals surface area contributed by atoms with E-state index in [1.165, 1.54) is 32.1 Å². The molecule has 5 heteroatoms. The average molecular weight is 459 g/mol. The molecule has 33 heavy (non-hydrogen) atoms. The van der Waals surface area contributed by atoms with Crippen LogP contribution in [0.2, 0.25) is 0 Å². The summed E-state index contributed by atoms with van der Waals surface area (Å²) in [4.78, 5) is 2.63. The summed E-state index contributed by atoms with van der Waals surface area (Å²) in [7, 11) is 0. The van der Waals surface area contributed by atoms with Gasteiger partial charge >= 0.3 is 6.18 Å². The minimum Gasteiger partial charge on any atom is -0.382 e. The fourth-order valence-electron chi connectivity index (χ4n) is 6.75. The Hall–Kier alpha value is -1.75. The van der Waals surface area contributed by atoms with Gasteiger partial charge in [-0.3, -0.25) is 4.90 Å². The van der Waals surface area contributed by atoms with Gasteiger partial charge in [-0.05, 0) is 91.7 Å². The summed E-state index contributed by atoms with van der Waals surface area (Å²) < 4.78 is 42.6. The lowest BCUT2D eigenvalue weighted by Crippen LogP contribution is -2.51. The zero-order chi connectivity index (χ0) is 23.2. The number of hydrogen-bond donors (Lipinski definition) is 1. The molecule has 2 nitrogen and oxygen atoms in total. The van der Waals surface area contributed by atoms with Gasteiger partial charge < -0.3 is 5.32 Å². The molecule has 1 N–H and O–H groups in total. The first kappa shape index (κ1) is 23.0. The van der Waals surface area contributed by atoms with E-state index in [0.717, 1.165) is 43.7 Å². The molecular weight excluding hydrogens is 421 g/mol. The van der Waals surface area contributed by atoms with Gasteiger partial charge in [-0.1, -0.05) is 38.5 Å². The first-order valence-corrected chi connectivity index (χ1v) is 12.9. The normalized spacial score (nSPS) is 31.0. The molecule has 0 radical (unpaired) electrons. The molecule has 1 aliphatic carbocycles. The van der Waals surface area contributed by atoms with Crippen LogP contribution in [0.15, 0.2) is 30.3 Å². The van der Waals surface area contributed by atoms with Crippen molar-refractivity contribution < 1.29 is 13.2 Å². The minimum absolute atomic E-state index is 0.125. The summed E-state index contributed by atoms with van der Waals surface area (Å²) >= 11 is 0. The smallest absolute Gasteiger partial charge is 0.382 e. The summed E-state index contributed by atoms with van der Waals surface area (Å²) in [5.41, 5.74) is 0.861. The fraction of sp³-hybridized carbons (Fsp3) is 0.643. The van der Waals surface area contributed by atoms with E-state index in [-0.39, 0.29) is 11.7 Å². The summed E-state index contributed by atoms with van der Waals surface area (Å²) in [5, 5.41) is 4.26. The second-order valence-corrected chi connectivity index (χ2v) is 11.1. The van der Waals surface area contributed by atoms with Crippen LogP contribution < -0.4 is 5.32 Å². The van der Waals surface area contributed by atoms with Crippen LogP contribution in [-0.4, -0.2) is 23.0 Å². The summed E-state index contributed by atoms with van der Waals surface area (Å²) in [6, 6.07) is 10.5. The fourth-order valence-corrected chi connectivity index (χ4v) is 6.75. The van der Waals surface area contributed by atoms with Crippen molar-refractivity contribution in [2.24, 2.45) is 11.8 Å². The molecule has 2 unspecified atom stereocenters. The Labute approximate surface area is 195 Å². The molecule has 180 valence electrons. The lowest BCUT2D eigenvalue weighted by molar-refractivity contribution is -0.135. The van der Waals surface area contributed by atoms with Gasteiger partial charge in [0.15, 0.2) is 0 Å². The summed E-state index contributed by atoms with van der Waals surface area (Å²) in [6.07, 6.45) is 5.95. The molecule has 0 spiro atoms. The third kappa shape index (κ3) is 4.89. The molecule has 2 aromatic carbocycles. The van der Waals surface area contributed by atoms with Gasteiger partial charge in [0.05, 0.1) is 5.56 Å². The van der Waals surface area contributed by atoms with E-state index < -0.39 is 11.7 Å². The van der Waals surface area contributed by atoms with Crippen LogP contribution in [0.3, 0.4) is 0 Å². The molecule has 2 aliphatic heterocycles. The van der Waals surface area contributed by atoms with E-state index in [0.29, 0.717) is 28.8 Å². The molecule has 2 saturated heterocycles. The van der Waals surface area contributed by atoms with Crippen LogP contribution in [0.25, 0.3) is 10.8 Å². The SMILES string of the molecule is CC1CCC(Nc2ccc3cc(CN4C5CCCC4CC(C)C5)ccc3c2C(F)(F)F)CC1. The number of rotatable bonds is 4. The maximum atomic E-state index is 14.2. The molecule has 2 atom stereocenters. The van der Waals surface area contributed by atoms with E-state index in [1.807, 2.05) is 18.2 Å². The van der Waals surface area contributed by atoms with Gasteiger partial charge in [0.25, 0.3) is 0 Å². The van der Waals surface area contributed by atoms with Gasteiger partial charge in [0.2, 0.25) is 0 Å². The highest BCUT2D eigenvalue weighted by Gasteiger charge is 2.38. The minimum atomic E-state index is -4.38. The van der Waals surface area contributed by atoms with Crippen LogP contribution in [0.1, 0.15) is 82.8 Å². The number of anilines is 1. The van der Waals surface area contributed by atoms with E-state index in [1.54, 1.807) is 12.1 Å². The second kappa shape index (κ2) is 9.13. The predicted molar refractivity (Wildman–Crippen MR) is 129 cm³/mol. The van der Waals surface area contributed by atoms with Gasteiger partial charge in [-0.2, -0.15) is 13.2 Å². The van der Waals surface area contributed by atoms with Crippen molar-refractivity contribution in [1.29, 1.82) is 0 Å². The van der Waals surface area contributed by atoms with E-state index >= 15 is 0 Å². The van der Waals surface area contributed by atoms with Crippen molar-refractivity contribution >= 4 is 16.5 Å². The highest BCUT2D eigenvalue weighted by molar-refractivity contribution is 5.91. The average Bonchev–Trinajstić information content (AvgIpc) is 2.75. The van der Waals surface area contributed by atoms with Crippen molar-refractivity contribution in [3.05, 3.63) is 41.5 Å². The number of halogens is 3. The number of nitrogens with zero attached hydrogens (tertiary/aromatic N) is 1. The highest BCUT2D eigenvalue weighted by atomic mass is 19.4. The number of piperidine rings is 2. The second-order valence-electron chi connectivity index (χ2n) is 11.1. The summed E-state index contributed by atoms with van der Waals surface area (Å²) in [5.74, 6) is 1.45. The molecular formula is C28H37F3N2. The Bertz CT molecular complexity index is 963. The van der Waals surface area contributed by atoms with Gasteiger partial charge in [0, 0.05) is 30.4 Å². The number of alkyl halides is 3. The number of hydrogen-bond acceptors (Lipinski definition) is 2. The van der Waals surface area contributed by atoms with E-state index in [2.05, 4.69) is 24.1 Å². The maximum Gasteiger partial charge on any atom is 0.418 e. The number of nitrogens with one attached hydrogen (secondary N) is 1. The molecule has 0 amide bonds. The third-order valence-electron chi connectivity index (χ3n) is 8.47. The molecule has 2 aromatic rings. The largest absolute Gasteiger partial charge is 0.418 e. The molecule has 5 rings (SSSR count). The van der Waals surface area contributed by atoms with Crippen molar-refractivity contribution in [2.75, 3.05) is 5.32 Å². The topological polar surface area (TPSA) is 15.3 Å². The van der Waals surface area contributed by atoms with E-state index in [4.69, 9.17) is 0 Å². The highest BCUT2D eigenvalue weighted by Crippen LogP contribution is 2.42. The Balaban J connectivity index is 1.42. The van der Waals surface area contributed by atoms with Crippen molar-refractivity contribution in [3.63, 3.8) is 0 Å². The zero-order valence-corrected chi connectivity index (χ0v) is 19.9. The van der Waals surface area contributed by atoms with Crippen LogP contribution in [0.5, 0.6) is 0 Å². The van der Waals surface area contributed by atoms with Crippen molar-refractivity contribution in [1.82, 2.24) is 4.90 Å². The first-order chi connectivity index (χ1) is 15.8. The van der Waals surface area contributed by atoms with Crippen molar-refractivity contribution in [2.45, 2.75) is 102 Å². The third-order valence-corrected chi connectivity index (χ3v) is 8.47.